The summed E-state index contributed by atoms with van der Waals surface area (Å²) in [5.41, 5.74) is 5.29. The predicted octanol–water partition coefficient (Wildman–Crippen LogP) is 6.37. The Labute approximate surface area is 423 Å². The van der Waals surface area contributed by atoms with Crippen molar-refractivity contribution < 1.29 is 43.4 Å². The zero-order chi connectivity index (χ0) is 51.5. The van der Waals surface area contributed by atoms with Crippen molar-refractivity contribution in [3.63, 3.8) is 0 Å². The van der Waals surface area contributed by atoms with E-state index in [9.17, 15) is 15.5 Å². The van der Waals surface area contributed by atoms with Gasteiger partial charge in [-0.1, -0.05) is 50.2 Å². The van der Waals surface area contributed by atoms with E-state index in [0.29, 0.717) is 112 Å². The maximum absolute atomic E-state index is 9.98. The van der Waals surface area contributed by atoms with Gasteiger partial charge in [0.25, 0.3) is 0 Å². The first kappa shape index (κ1) is 56.0. The SMILES string of the molecule is CC.CNCC(O)COc1cccc(-c2nc(-c3cccc(C#N)c3)cc(N(CCOC)CCOC)n2)c1.CNCC(O)COc1cccc(-c2nc(NCCOC)cc(-c3ccc4c(c3)OCCO4)n2)c1. The Kier molecular flexibility index (Phi) is 23.9. The molecule has 3 heterocycles. The molecule has 72 heavy (non-hydrogen) atoms. The minimum absolute atomic E-state index is 0.166. The molecule has 0 bridgehead atoms. The summed E-state index contributed by atoms with van der Waals surface area (Å²) in [5, 5.41) is 38.4. The normalized spacial score (nSPS) is 12.2. The van der Waals surface area contributed by atoms with E-state index in [2.05, 4.69) is 26.9 Å². The van der Waals surface area contributed by atoms with Crippen molar-refractivity contribution in [1.29, 1.82) is 5.26 Å². The fourth-order valence-electron chi connectivity index (χ4n) is 7.09. The first-order chi connectivity index (χ1) is 35.2. The van der Waals surface area contributed by atoms with Gasteiger partial charge in [-0.3, -0.25) is 0 Å². The van der Waals surface area contributed by atoms with Crippen LogP contribution in [0.1, 0.15) is 19.4 Å². The number of ether oxygens (including phenoxy) is 7. The van der Waals surface area contributed by atoms with Crippen LogP contribution in [0.4, 0.5) is 11.6 Å². The maximum Gasteiger partial charge on any atom is 0.162 e. The number of hydrogen-bond acceptors (Lipinski definition) is 18. The topological polar surface area (TPSA) is 220 Å². The molecule has 1 aliphatic heterocycles. The lowest BCUT2D eigenvalue weighted by Gasteiger charge is -2.24. The van der Waals surface area contributed by atoms with E-state index < -0.39 is 12.2 Å². The van der Waals surface area contributed by atoms with Crippen molar-refractivity contribution in [2.75, 3.05) is 125 Å². The molecule has 6 aromatic rings. The third-order valence-corrected chi connectivity index (χ3v) is 10.6. The molecule has 0 fully saturated rings. The molecule has 0 amide bonds. The molecule has 0 saturated carbocycles. The second-order valence-electron chi connectivity index (χ2n) is 15.9. The van der Waals surface area contributed by atoms with Crippen LogP contribution in [0.2, 0.25) is 0 Å². The van der Waals surface area contributed by atoms with Gasteiger partial charge >= 0.3 is 0 Å². The number of hydrogen-bond donors (Lipinski definition) is 5. The number of nitrogens with one attached hydrogen (secondary N) is 3. The van der Waals surface area contributed by atoms with Gasteiger partial charge in [-0.2, -0.15) is 5.26 Å². The second kappa shape index (κ2) is 30.7. The van der Waals surface area contributed by atoms with Crippen molar-refractivity contribution >= 4 is 11.6 Å². The van der Waals surface area contributed by atoms with E-state index in [4.69, 9.17) is 53.1 Å². The molecule has 384 valence electrons. The fourth-order valence-corrected chi connectivity index (χ4v) is 7.09. The van der Waals surface area contributed by atoms with Crippen LogP contribution in [0.15, 0.2) is 103 Å². The van der Waals surface area contributed by atoms with Crippen LogP contribution >= 0.6 is 0 Å². The molecule has 7 rings (SSSR count). The van der Waals surface area contributed by atoms with Crippen LogP contribution < -0.4 is 39.8 Å². The lowest BCUT2D eigenvalue weighted by atomic mass is 10.1. The molecule has 5 N–H and O–H groups in total. The lowest BCUT2D eigenvalue weighted by Crippen LogP contribution is -2.31. The van der Waals surface area contributed by atoms with Gasteiger partial charge in [0.1, 0.15) is 61.8 Å². The highest BCUT2D eigenvalue weighted by atomic mass is 16.6. The average molecular weight is 988 g/mol. The Bertz CT molecular complexity index is 2590. The summed E-state index contributed by atoms with van der Waals surface area (Å²) in [4.78, 5) is 21.3. The van der Waals surface area contributed by atoms with Crippen LogP contribution in [0.25, 0.3) is 45.3 Å². The summed E-state index contributed by atoms with van der Waals surface area (Å²) in [6.45, 7) is 9.78. The second-order valence-corrected chi connectivity index (χ2v) is 15.9. The number of nitrogens with zero attached hydrogens (tertiary/aromatic N) is 6. The number of fused-ring (bicyclic) bond motifs is 1. The molecule has 18 nitrogen and oxygen atoms in total. The Hall–Kier alpha value is -6.95. The molecule has 0 saturated heterocycles. The Morgan fingerprint density at radius 2 is 1.17 bits per heavy atom. The molecule has 4 aromatic carbocycles. The number of anilines is 2. The summed E-state index contributed by atoms with van der Waals surface area (Å²) in [7, 11) is 8.55. The van der Waals surface area contributed by atoms with Crippen LogP contribution in [0.5, 0.6) is 23.0 Å². The zero-order valence-corrected chi connectivity index (χ0v) is 42.4. The minimum atomic E-state index is -0.618. The molecule has 18 heteroatoms. The minimum Gasteiger partial charge on any atom is -0.491 e. The van der Waals surface area contributed by atoms with Crippen molar-refractivity contribution in [3.8, 4) is 74.4 Å². The Balaban J connectivity index is 0.000000259. The highest BCUT2D eigenvalue weighted by molar-refractivity contribution is 5.71. The molecule has 2 aromatic heterocycles. The van der Waals surface area contributed by atoms with Gasteiger partial charge in [0, 0.05) is 88.4 Å². The third kappa shape index (κ3) is 17.4. The number of benzene rings is 4. The molecular formula is C54H69N9O9. The van der Waals surface area contributed by atoms with Crippen LogP contribution in [0.3, 0.4) is 0 Å². The largest absolute Gasteiger partial charge is 0.491 e. The fraction of sp³-hybridized carbons (Fsp3) is 0.389. The van der Waals surface area contributed by atoms with Crippen molar-refractivity contribution in [2.24, 2.45) is 0 Å². The van der Waals surface area contributed by atoms with Crippen molar-refractivity contribution in [1.82, 2.24) is 30.6 Å². The van der Waals surface area contributed by atoms with E-state index >= 15 is 0 Å². The first-order valence-corrected chi connectivity index (χ1v) is 24.0. The van der Waals surface area contributed by atoms with E-state index in [1.807, 2.05) is 111 Å². The summed E-state index contributed by atoms with van der Waals surface area (Å²) in [6.07, 6.45) is -1.22. The number of methoxy groups -OCH3 is 3. The van der Waals surface area contributed by atoms with Gasteiger partial charge < -0.3 is 64.2 Å². The van der Waals surface area contributed by atoms with E-state index in [1.165, 1.54) is 0 Å². The van der Waals surface area contributed by atoms with E-state index in [1.54, 1.807) is 41.5 Å². The van der Waals surface area contributed by atoms with Gasteiger partial charge in [0.2, 0.25) is 0 Å². The molecule has 0 spiro atoms. The molecular weight excluding hydrogens is 919 g/mol. The monoisotopic (exact) mass is 988 g/mol. The number of nitriles is 1. The molecule has 0 aliphatic carbocycles. The third-order valence-electron chi connectivity index (χ3n) is 10.6. The van der Waals surface area contributed by atoms with Gasteiger partial charge in [0.05, 0.1) is 42.8 Å². The Morgan fingerprint density at radius 1 is 0.625 bits per heavy atom. The highest BCUT2D eigenvalue weighted by Gasteiger charge is 2.18. The average Bonchev–Trinajstić information content (AvgIpc) is 3.42. The molecule has 0 radical (unpaired) electrons. The van der Waals surface area contributed by atoms with Gasteiger partial charge in [0.15, 0.2) is 23.1 Å². The molecule has 2 unspecified atom stereocenters. The van der Waals surface area contributed by atoms with Crippen LogP contribution in [0, 0.1) is 11.3 Å². The number of aromatic nitrogens is 4. The molecule has 2 atom stereocenters. The van der Waals surface area contributed by atoms with Gasteiger partial charge in [-0.05, 0) is 68.7 Å². The highest BCUT2D eigenvalue weighted by Crippen LogP contribution is 2.35. The number of rotatable bonds is 25. The lowest BCUT2D eigenvalue weighted by molar-refractivity contribution is 0.108. The zero-order valence-electron chi connectivity index (χ0n) is 42.4. The summed E-state index contributed by atoms with van der Waals surface area (Å²) in [6, 6.07) is 34.1. The standard InChI is InChI=1S/C27H33N5O4.C25H30N4O5.C2H6/c1-29-18-23(33)19-36-24-9-5-8-22(15-24)27-30-25(21-7-4-6-20(14-21)17-28)16-26(31-27)32(10-12-34-2)11-13-35-3;1-26-15-19(30)16-34-20-5-3-4-18(12-20)25-28-21(14-24(29-25)27-8-9-31-2)17-6-7-22-23(13-17)33-11-10-32-22;1-2/h4-9,14-16,23,29,33H,10-13,18-19H2,1-3H3;3-7,12-14,19,26,30H,8-11,15-16H2,1-2H3,(H,27,28,29);1-2H3. The Morgan fingerprint density at radius 3 is 1.75 bits per heavy atom. The van der Waals surface area contributed by atoms with E-state index in [-0.39, 0.29) is 13.2 Å². The maximum atomic E-state index is 9.98. The van der Waals surface area contributed by atoms with Crippen molar-refractivity contribution in [2.45, 2.75) is 26.1 Å². The van der Waals surface area contributed by atoms with Gasteiger partial charge in [-0.15, -0.1) is 0 Å². The quantitative estimate of drug-likeness (QED) is 0.0394. The smallest absolute Gasteiger partial charge is 0.162 e. The van der Waals surface area contributed by atoms with Crippen molar-refractivity contribution in [3.05, 3.63) is 109 Å². The summed E-state index contributed by atoms with van der Waals surface area (Å²) in [5.74, 6) is 5.15. The number of aliphatic hydroxyl groups is 2. The van der Waals surface area contributed by atoms with Crippen LogP contribution in [-0.4, -0.2) is 157 Å². The first-order valence-electron chi connectivity index (χ1n) is 24.0. The number of aliphatic hydroxyl groups excluding tert-OH is 2. The molecule has 1 aliphatic rings. The summed E-state index contributed by atoms with van der Waals surface area (Å²) >= 11 is 0. The summed E-state index contributed by atoms with van der Waals surface area (Å²) < 4.78 is 38.7. The van der Waals surface area contributed by atoms with Crippen LogP contribution in [-0.2, 0) is 14.2 Å². The number of likely N-dealkylation sites (N-methyl/N-ethyl adjacent to an activating group) is 2. The predicted molar refractivity (Wildman–Crippen MR) is 280 cm³/mol. The van der Waals surface area contributed by atoms with Gasteiger partial charge in [-0.25, -0.2) is 19.9 Å². The van der Waals surface area contributed by atoms with E-state index in [0.717, 1.165) is 39.5 Å².